The number of nitrogens with two attached hydrogens (primary N) is 1. The van der Waals surface area contributed by atoms with Crippen molar-refractivity contribution in [1.29, 1.82) is 0 Å². The number of nitrogens with zero attached hydrogens (tertiary/aromatic N) is 1. The normalized spacial score (nSPS) is 10.3. The number of rotatable bonds is 3. The third kappa shape index (κ3) is 2.23. The summed E-state index contributed by atoms with van der Waals surface area (Å²) in [4.78, 5) is 10.8. The summed E-state index contributed by atoms with van der Waals surface area (Å²) in [7, 11) is 0. The Kier molecular flexibility index (Phi) is 3.09. The van der Waals surface area contributed by atoms with Crippen molar-refractivity contribution in [2.24, 2.45) is 5.73 Å². The Bertz CT molecular complexity index is 319. The largest absolute Gasteiger partial charge is 0.366 e. The lowest BCUT2D eigenvalue weighted by atomic mass is 10.2. The molecule has 1 aromatic carbocycles. The summed E-state index contributed by atoms with van der Waals surface area (Å²) in [6.45, 7) is 3.73. The SMILES string of the molecule is CC(C)N(O)c1ccc(C(N)=O)cc1. The van der Waals surface area contributed by atoms with Gasteiger partial charge in [0.25, 0.3) is 0 Å². The number of hydroxylamine groups is 1. The van der Waals surface area contributed by atoms with Gasteiger partial charge in [0.2, 0.25) is 5.91 Å². The minimum atomic E-state index is -0.467. The monoisotopic (exact) mass is 194 g/mol. The number of hydrogen-bond acceptors (Lipinski definition) is 3. The van der Waals surface area contributed by atoms with Gasteiger partial charge < -0.3 is 5.73 Å². The molecular formula is C10H14N2O2. The minimum Gasteiger partial charge on any atom is -0.366 e. The molecule has 0 aliphatic heterocycles. The van der Waals surface area contributed by atoms with E-state index in [1.807, 2.05) is 13.8 Å². The van der Waals surface area contributed by atoms with E-state index in [1.165, 1.54) is 0 Å². The second-order valence-electron chi connectivity index (χ2n) is 3.35. The highest BCUT2D eigenvalue weighted by atomic mass is 16.5. The van der Waals surface area contributed by atoms with Crippen LogP contribution in [0.15, 0.2) is 24.3 Å². The van der Waals surface area contributed by atoms with E-state index in [1.54, 1.807) is 24.3 Å². The molecule has 0 bridgehead atoms. The average molecular weight is 194 g/mol. The lowest BCUT2D eigenvalue weighted by Gasteiger charge is -2.20. The molecule has 0 saturated heterocycles. The molecule has 0 radical (unpaired) electrons. The van der Waals surface area contributed by atoms with Crippen LogP contribution < -0.4 is 10.8 Å². The summed E-state index contributed by atoms with van der Waals surface area (Å²) in [5.41, 5.74) is 6.16. The highest BCUT2D eigenvalue weighted by Gasteiger charge is 2.07. The van der Waals surface area contributed by atoms with Crippen LogP contribution in [0.4, 0.5) is 5.69 Å². The van der Waals surface area contributed by atoms with Crippen LogP contribution in [-0.4, -0.2) is 17.2 Å². The molecule has 1 amide bonds. The molecule has 4 nitrogen and oxygen atoms in total. The van der Waals surface area contributed by atoms with E-state index in [4.69, 9.17) is 5.73 Å². The van der Waals surface area contributed by atoms with E-state index >= 15 is 0 Å². The number of amides is 1. The fraction of sp³-hybridized carbons (Fsp3) is 0.300. The van der Waals surface area contributed by atoms with Gasteiger partial charge in [-0.3, -0.25) is 15.1 Å². The van der Waals surface area contributed by atoms with E-state index in [-0.39, 0.29) is 6.04 Å². The first kappa shape index (κ1) is 10.5. The maximum absolute atomic E-state index is 10.8. The van der Waals surface area contributed by atoms with Crippen LogP contribution in [-0.2, 0) is 0 Å². The molecule has 0 heterocycles. The molecule has 0 unspecified atom stereocenters. The Hall–Kier alpha value is -1.55. The van der Waals surface area contributed by atoms with Gasteiger partial charge in [0, 0.05) is 5.56 Å². The number of carbonyl (C=O) groups excluding carboxylic acids is 1. The molecule has 0 aliphatic carbocycles. The van der Waals surface area contributed by atoms with E-state index < -0.39 is 5.91 Å². The predicted molar refractivity (Wildman–Crippen MR) is 54.4 cm³/mol. The number of hydrogen-bond donors (Lipinski definition) is 2. The minimum absolute atomic E-state index is 0.00516. The van der Waals surface area contributed by atoms with Crippen molar-refractivity contribution in [3.05, 3.63) is 29.8 Å². The molecule has 3 N–H and O–H groups in total. The molecule has 14 heavy (non-hydrogen) atoms. The standard InChI is InChI=1S/C10H14N2O2/c1-7(2)12(14)9-5-3-8(4-6-9)10(11)13/h3-7,14H,1-2H3,(H2,11,13). The molecule has 0 aliphatic rings. The van der Waals surface area contributed by atoms with E-state index in [0.29, 0.717) is 11.3 Å². The molecule has 0 fully saturated rings. The Balaban J connectivity index is 2.88. The fourth-order valence-corrected chi connectivity index (χ4v) is 1.08. The average Bonchev–Trinajstić information content (AvgIpc) is 2.16. The van der Waals surface area contributed by atoms with Crippen LogP contribution in [0.2, 0.25) is 0 Å². The zero-order valence-corrected chi connectivity index (χ0v) is 8.27. The van der Waals surface area contributed by atoms with Crippen LogP contribution in [0.3, 0.4) is 0 Å². The summed E-state index contributed by atoms with van der Waals surface area (Å²) >= 11 is 0. The third-order valence-electron chi connectivity index (χ3n) is 1.91. The van der Waals surface area contributed by atoms with Gasteiger partial charge in [-0.25, -0.2) is 0 Å². The molecule has 76 valence electrons. The number of carbonyl (C=O) groups is 1. The molecule has 0 atom stereocenters. The second kappa shape index (κ2) is 4.11. The van der Waals surface area contributed by atoms with Crippen LogP contribution in [0, 0.1) is 0 Å². The Labute approximate surface area is 82.9 Å². The highest BCUT2D eigenvalue weighted by Crippen LogP contribution is 2.15. The summed E-state index contributed by atoms with van der Waals surface area (Å²) in [5.74, 6) is -0.467. The molecule has 0 aromatic heterocycles. The molecule has 1 rings (SSSR count). The van der Waals surface area contributed by atoms with Gasteiger partial charge in [-0.15, -0.1) is 0 Å². The zero-order valence-electron chi connectivity index (χ0n) is 8.27. The first-order valence-electron chi connectivity index (χ1n) is 4.40. The van der Waals surface area contributed by atoms with E-state index in [2.05, 4.69) is 0 Å². The van der Waals surface area contributed by atoms with Crippen LogP contribution in [0.1, 0.15) is 24.2 Å². The van der Waals surface area contributed by atoms with Crippen LogP contribution >= 0.6 is 0 Å². The maximum Gasteiger partial charge on any atom is 0.248 e. The quantitative estimate of drug-likeness (QED) is 0.714. The predicted octanol–water partition coefficient (Wildman–Crippen LogP) is 1.39. The summed E-state index contributed by atoms with van der Waals surface area (Å²) < 4.78 is 0. The first-order chi connectivity index (χ1) is 6.52. The van der Waals surface area contributed by atoms with E-state index in [9.17, 15) is 10.0 Å². The van der Waals surface area contributed by atoms with Crippen molar-refractivity contribution in [1.82, 2.24) is 0 Å². The van der Waals surface area contributed by atoms with Gasteiger partial charge >= 0.3 is 0 Å². The lowest BCUT2D eigenvalue weighted by molar-refractivity contribution is 0.1000. The van der Waals surface area contributed by atoms with Crippen molar-refractivity contribution in [3.63, 3.8) is 0 Å². The van der Waals surface area contributed by atoms with Gasteiger partial charge in [-0.2, -0.15) is 0 Å². The van der Waals surface area contributed by atoms with Crippen LogP contribution in [0.25, 0.3) is 0 Å². The third-order valence-corrected chi connectivity index (χ3v) is 1.91. The summed E-state index contributed by atoms with van der Waals surface area (Å²) in [5, 5.41) is 10.7. The number of benzene rings is 1. The van der Waals surface area contributed by atoms with Crippen LogP contribution in [0.5, 0.6) is 0 Å². The molecule has 4 heteroatoms. The molecule has 0 saturated carbocycles. The second-order valence-corrected chi connectivity index (χ2v) is 3.35. The zero-order chi connectivity index (χ0) is 10.7. The van der Waals surface area contributed by atoms with Crippen molar-refractivity contribution < 1.29 is 10.0 Å². The smallest absolute Gasteiger partial charge is 0.248 e. The molecular weight excluding hydrogens is 180 g/mol. The summed E-state index contributed by atoms with van der Waals surface area (Å²) in [6, 6.07) is 6.47. The van der Waals surface area contributed by atoms with Crippen molar-refractivity contribution in [2.75, 3.05) is 5.06 Å². The van der Waals surface area contributed by atoms with Gasteiger partial charge in [-0.05, 0) is 38.1 Å². The first-order valence-corrected chi connectivity index (χ1v) is 4.40. The van der Waals surface area contributed by atoms with Gasteiger partial charge in [0.1, 0.15) is 0 Å². The Morgan fingerprint density at radius 3 is 2.21 bits per heavy atom. The van der Waals surface area contributed by atoms with E-state index in [0.717, 1.165) is 5.06 Å². The summed E-state index contributed by atoms with van der Waals surface area (Å²) in [6.07, 6.45) is 0. The highest BCUT2D eigenvalue weighted by molar-refractivity contribution is 5.93. The fourth-order valence-electron chi connectivity index (χ4n) is 1.08. The maximum atomic E-state index is 10.8. The van der Waals surface area contributed by atoms with Crippen molar-refractivity contribution in [2.45, 2.75) is 19.9 Å². The topological polar surface area (TPSA) is 66.6 Å². The Morgan fingerprint density at radius 2 is 1.86 bits per heavy atom. The van der Waals surface area contributed by atoms with Crippen molar-refractivity contribution >= 4 is 11.6 Å². The van der Waals surface area contributed by atoms with Crippen molar-refractivity contribution in [3.8, 4) is 0 Å². The van der Waals surface area contributed by atoms with Gasteiger partial charge in [-0.1, -0.05) is 0 Å². The lowest BCUT2D eigenvalue weighted by Crippen LogP contribution is -2.26. The molecule has 0 spiro atoms. The Morgan fingerprint density at radius 1 is 1.36 bits per heavy atom. The number of primary amides is 1. The molecule has 1 aromatic rings. The number of anilines is 1. The van der Waals surface area contributed by atoms with Gasteiger partial charge in [0.05, 0.1) is 11.7 Å². The van der Waals surface area contributed by atoms with Gasteiger partial charge in [0.15, 0.2) is 0 Å².